The van der Waals surface area contributed by atoms with Gasteiger partial charge in [-0.3, -0.25) is 4.79 Å². The molecule has 2 unspecified atom stereocenters. The van der Waals surface area contributed by atoms with Crippen LogP contribution in [0.1, 0.15) is 76.5 Å². The first kappa shape index (κ1) is 23.7. The number of aromatic nitrogens is 2. The van der Waals surface area contributed by atoms with Crippen LogP contribution < -0.4 is 10.1 Å². The minimum atomic E-state index is -0.588. The minimum Gasteiger partial charge on any atom is -0.467 e. The lowest BCUT2D eigenvalue weighted by Crippen LogP contribution is -2.60. The highest BCUT2D eigenvalue weighted by molar-refractivity contribution is 5.78. The third-order valence-electron chi connectivity index (χ3n) is 6.77. The third-order valence-corrected chi connectivity index (χ3v) is 6.77. The summed E-state index contributed by atoms with van der Waals surface area (Å²) >= 11 is 0. The van der Waals surface area contributed by atoms with Crippen molar-refractivity contribution in [2.45, 2.75) is 95.9 Å². The topological polar surface area (TPSA) is 103 Å². The van der Waals surface area contributed by atoms with Crippen LogP contribution in [0, 0.1) is 6.92 Å². The van der Waals surface area contributed by atoms with Gasteiger partial charge in [0.2, 0.25) is 5.88 Å². The second kappa shape index (κ2) is 9.83. The van der Waals surface area contributed by atoms with Crippen LogP contribution in [0.5, 0.6) is 5.88 Å². The number of nitrogens with one attached hydrogen (secondary N) is 1. The molecule has 0 radical (unpaired) electrons. The van der Waals surface area contributed by atoms with E-state index in [9.17, 15) is 9.59 Å². The van der Waals surface area contributed by atoms with Gasteiger partial charge in [-0.25, -0.2) is 14.8 Å². The van der Waals surface area contributed by atoms with Crippen LogP contribution in [-0.2, 0) is 14.3 Å². The molecule has 0 spiro atoms. The fourth-order valence-corrected chi connectivity index (χ4v) is 5.21. The number of carbonyl (C=O) groups is 2. The van der Waals surface area contributed by atoms with E-state index in [0.717, 1.165) is 49.8 Å². The Labute approximate surface area is 195 Å². The highest BCUT2D eigenvalue weighted by Crippen LogP contribution is 2.39. The van der Waals surface area contributed by atoms with Crippen LogP contribution in [-0.4, -0.2) is 70.4 Å². The molecule has 1 aliphatic carbocycles. The highest BCUT2D eigenvalue weighted by Gasteiger charge is 2.38. The van der Waals surface area contributed by atoms with Crippen molar-refractivity contribution >= 4 is 12.0 Å². The number of amides is 2. The zero-order chi connectivity index (χ0) is 23.6. The van der Waals surface area contributed by atoms with Crippen molar-refractivity contribution in [3.05, 3.63) is 17.6 Å². The molecule has 4 heterocycles. The van der Waals surface area contributed by atoms with E-state index < -0.39 is 11.7 Å². The van der Waals surface area contributed by atoms with Gasteiger partial charge >= 0.3 is 6.09 Å². The lowest BCUT2D eigenvalue weighted by molar-refractivity contribution is -0.141. The van der Waals surface area contributed by atoms with Gasteiger partial charge in [0.1, 0.15) is 11.9 Å². The van der Waals surface area contributed by atoms with Crippen LogP contribution in [0.2, 0.25) is 0 Å². The molecule has 5 rings (SSSR count). The smallest absolute Gasteiger partial charge is 0.407 e. The Balaban J connectivity index is 1.56. The average Bonchev–Trinajstić information content (AvgIpc) is 2.76. The van der Waals surface area contributed by atoms with E-state index in [4.69, 9.17) is 14.2 Å². The molecule has 1 N–H and O–H groups in total. The fraction of sp³-hybridized carbons (Fsp3) is 0.750. The highest BCUT2D eigenvalue weighted by atomic mass is 16.6. The number of nitrogens with zero attached hydrogens (tertiary/aromatic N) is 3. The van der Waals surface area contributed by atoms with Gasteiger partial charge in [0.25, 0.3) is 5.91 Å². The van der Waals surface area contributed by atoms with Crippen molar-refractivity contribution in [3.63, 3.8) is 0 Å². The van der Waals surface area contributed by atoms with Crippen molar-refractivity contribution in [2.24, 2.45) is 0 Å². The van der Waals surface area contributed by atoms with Crippen molar-refractivity contribution in [1.82, 2.24) is 20.2 Å². The molecule has 2 atom stereocenters. The van der Waals surface area contributed by atoms with Gasteiger partial charge in [-0.05, 0) is 72.1 Å². The summed E-state index contributed by atoms with van der Waals surface area (Å²) in [5, 5.41) is 2.99. The molecule has 2 fully saturated rings. The van der Waals surface area contributed by atoms with Crippen molar-refractivity contribution < 1.29 is 23.8 Å². The van der Waals surface area contributed by atoms with E-state index in [2.05, 4.69) is 15.3 Å². The maximum absolute atomic E-state index is 13.2. The largest absolute Gasteiger partial charge is 0.467 e. The number of aryl methyl sites for hydroxylation is 1. The number of alkyl carbamates (subject to hydrolysis) is 1. The number of hydrogen-bond acceptors (Lipinski definition) is 7. The Kier molecular flexibility index (Phi) is 7.07. The van der Waals surface area contributed by atoms with Crippen LogP contribution >= 0.6 is 0 Å². The minimum absolute atomic E-state index is 0.102. The van der Waals surface area contributed by atoms with E-state index in [0.29, 0.717) is 24.9 Å². The van der Waals surface area contributed by atoms with Crippen LogP contribution in [0.15, 0.2) is 6.33 Å². The number of hydrogen-bond donors (Lipinski definition) is 1. The van der Waals surface area contributed by atoms with E-state index in [-0.39, 0.29) is 30.7 Å². The molecule has 2 amide bonds. The van der Waals surface area contributed by atoms with Gasteiger partial charge < -0.3 is 24.4 Å². The number of piperidine rings is 1. The summed E-state index contributed by atoms with van der Waals surface area (Å²) in [5.74, 6) is 0.686. The summed E-state index contributed by atoms with van der Waals surface area (Å²) in [4.78, 5) is 36.3. The lowest BCUT2D eigenvalue weighted by atomic mass is 9.82. The number of ether oxygens (including phenoxy) is 3. The monoisotopic (exact) mass is 460 g/mol. The van der Waals surface area contributed by atoms with Gasteiger partial charge in [-0.2, -0.15) is 0 Å². The number of fused-ring (bicyclic) bond motifs is 5. The van der Waals surface area contributed by atoms with E-state index in [1.54, 1.807) is 4.90 Å². The fourth-order valence-electron chi connectivity index (χ4n) is 5.21. The summed E-state index contributed by atoms with van der Waals surface area (Å²) in [6.07, 6.45) is 6.52. The van der Waals surface area contributed by atoms with Gasteiger partial charge in [-0.1, -0.05) is 0 Å². The van der Waals surface area contributed by atoms with Gasteiger partial charge in [0.05, 0.1) is 24.8 Å². The second-order valence-corrected chi connectivity index (χ2v) is 10.3. The Morgan fingerprint density at radius 2 is 1.94 bits per heavy atom. The number of carbonyl (C=O) groups excluding carboxylic acids is 2. The second-order valence-electron chi connectivity index (χ2n) is 10.3. The zero-order valence-electron chi connectivity index (χ0n) is 20.1. The molecular weight excluding hydrogens is 424 g/mol. The molecule has 1 aromatic rings. The Morgan fingerprint density at radius 3 is 2.67 bits per heavy atom. The first-order chi connectivity index (χ1) is 15.7. The van der Waals surface area contributed by atoms with Crippen LogP contribution in [0.25, 0.3) is 0 Å². The van der Waals surface area contributed by atoms with E-state index >= 15 is 0 Å². The molecular formula is C24H36N4O5. The van der Waals surface area contributed by atoms with E-state index in [1.165, 1.54) is 6.33 Å². The molecule has 1 saturated carbocycles. The van der Waals surface area contributed by atoms with Crippen LogP contribution in [0.3, 0.4) is 0 Å². The van der Waals surface area contributed by atoms with Gasteiger partial charge in [0, 0.05) is 17.8 Å². The van der Waals surface area contributed by atoms with Crippen LogP contribution in [0.4, 0.5) is 4.79 Å². The predicted octanol–water partition coefficient (Wildman–Crippen LogP) is 3.10. The number of rotatable bonds is 1. The summed E-state index contributed by atoms with van der Waals surface area (Å²) < 4.78 is 17.8. The summed E-state index contributed by atoms with van der Waals surface area (Å²) in [6.45, 7) is 8.36. The molecule has 3 aliphatic heterocycles. The molecule has 33 heavy (non-hydrogen) atoms. The average molecular weight is 461 g/mol. The van der Waals surface area contributed by atoms with Crippen molar-refractivity contribution in [2.75, 3.05) is 19.8 Å². The summed E-state index contributed by atoms with van der Waals surface area (Å²) in [5.41, 5.74) is 1.34. The molecule has 4 aliphatic rings. The molecule has 0 aromatic carbocycles. The SMILES string of the molecule is Cc1ncnc2c1[C@H]1CC[C@H](CC1)OCC1C(NC(=O)OC(C)(C)C)CCCN1C(=O)CO2. The van der Waals surface area contributed by atoms with E-state index in [1.807, 2.05) is 27.7 Å². The predicted molar refractivity (Wildman–Crippen MR) is 121 cm³/mol. The molecule has 1 saturated heterocycles. The standard InChI is InChI=1S/C24H36N4O5/c1-15-21-16-7-9-17(10-8-16)31-12-19-18(27-23(30)33-24(2,3)4)6-5-11-28(19)20(29)13-32-22(21)26-14-25-15/h14,16-19H,5-13H2,1-4H3,(H,27,30)/t16-,17+,18?,19?. The normalized spacial score (nSPS) is 28.4. The molecule has 9 heteroatoms. The maximum atomic E-state index is 13.2. The lowest BCUT2D eigenvalue weighted by Gasteiger charge is -2.42. The third kappa shape index (κ3) is 5.75. The van der Waals surface area contributed by atoms with Crippen molar-refractivity contribution in [3.8, 4) is 5.88 Å². The summed E-state index contributed by atoms with van der Waals surface area (Å²) in [6, 6.07) is -0.511. The molecule has 9 nitrogen and oxygen atoms in total. The van der Waals surface area contributed by atoms with Crippen molar-refractivity contribution in [1.29, 1.82) is 0 Å². The van der Waals surface area contributed by atoms with Gasteiger partial charge in [-0.15, -0.1) is 0 Å². The van der Waals surface area contributed by atoms with Gasteiger partial charge in [0.15, 0.2) is 6.61 Å². The Bertz CT molecular complexity index is 863. The molecule has 2 bridgehead atoms. The summed E-state index contributed by atoms with van der Waals surface area (Å²) in [7, 11) is 0. The molecule has 1 aromatic heterocycles. The molecule has 182 valence electrons. The Morgan fingerprint density at radius 1 is 1.18 bits per heavy atom. The zero-order valence-corrected chi connectivity index (χ0v) is 20.1. The maximum Gasteiger partial charge on any atom is 0.407 e. The first-order valence-electron chi connectivity index (χ1n) is 12.1. The Hall–Kier alpha value is -2.42. The first-order valence-corrected chi connectivity index (χ1v) is 12.1. The quantitative estimate of drug-likeness (QED) is 0.687.